The van der Waals surface area contributed by atoms with Gasteiger partial charge >= 0.3 is 0 Å². The number of nitrogens with zero attached hydrogens (tertiary/aromatic N) is 2. The van der Waals surface area contributed by atoms with Crippen LogP contribution in [-0.2, 0) is 9.59 Å². The number of carbonyl (C=O) groups is 4. The van der Waals surface area contributed by atoms with E-state index in [1.807, 2.05) is 31.2 Å². The molecule has 0 aromatic heterocycles. The third-order valence-corrected chi connectivity index (χ3v) is 6.17. The fourth-order valence-corrected chi connectivity index (χ4v) is 4.14. The Labute approximate surface area is 192 Å². The number of fused-ring (bicyclic) bond motifs is 1. The van der Waals surface area contributed by atoms with Crippen molar-refractivity contribution in [1.82, 2.24) is 15.1 Å². The molecule has 2 heterocycles. The van der Waals surface area contributed by atoms with Crippen molar-refractivity contribution in [1.29, 1.82) is 0 Å². The van der Waals surface area contributed by atoms with E-state index in [2.05, 4.69) is 5.32 Å². The quantitative estimate of drug-likeness (QED) is 0.682. The van der Waals surface area contributed by atoms with Gasteiger partial charge < -0.3 is 15.0 Å². The van der Waals surface area contributed by atoms with Gasteiger partial charge in [0.1, 0.15) is 11.8 Å². The molecule has 4 amide bonds. The lowest BCUT2D eigenvalue weighted by Gasteiger charge is -2.33. The van der Waals surface area contributed by atoms with Crippen molar-refractivity contribution in [3.63, 3.8) is 0 Å². The van der Waals surface area contributed by atoms with Gasteiger partial charge in [0.25, 0.3) is 17.7 Å². The molecule has 2 aromatic carbocycles. The largest absolute Gasteiger partial charge is 0.484 e. The molecule has 33 heavy (non-hydrogen) atoms. The molecule has 8 heteroatoms. The summed E-state index contributed by atoms with van der Waals surface area (Å²) in [5.41, 5.74) is 1.76. The predicted molar refractivity (Wildman–Crippen MR) is 121 cm³/mol. The normalized spacial score (nSPS) is 17.0. The number of imide groups is 1. The maximum Gasteiger partial charge on any atom is 0.262 e. The van der Waals surface area contributed by atoms with Gasteiger partial charge in [0, 0.05) is 19.1 Å². The molecule has 2 aromatic rings. The number of benzene rings is 2. The van der Waals surface area contributed by atoms with Gasteiger partial charge in [-0.15, -0.1) is 0 Å². The molecule has 0 bridgehead atoms. The van der Waals surface area contributed by atoms with Gasteiger partial charge in [0.05, 0.1) is 11.1 Å². The number of hydrogen-bond donors (Lipinski definition) is 1. The van der Waals surface area contributed by atoms with Gasteiger partial charge in [0.15, 0.2) is 6.61 Å². The van der Waals surface area contributed by atoms with E-state index in [0.29, 0.717) is 42.8 Å². The molecule has 172 valence electrons. The minimum atomic E-state index is -0.917. The van der Waals surface area contributed by atoms with Crippen LogP contribution in [0, 0.1) is 6.92 Å². The van der Waals surface area contributed by atoms with Crippen LogP contribution in [0.4, 0.5) is 0 Å². The average Bonchev–Trinajstić information content (AvgIpc) is 3.08. The van der Waals surface area contributed by atoms with Gasteiger partial charge in [0.2, 0.25) is 5.91 Å². The second-order valence-electron chi connectivity index (χ2n) is 8.47. The summed E-state index contributed by atoms with van der Waals surface area (Å²) in [4.78, 5) is 53.2. The first kappa shape index (κ1) is 22.5. The maximum absolute atomic E-state index is 12.8. The Morgan fingerprint density at radius 1 is 1.00 bits per heavy atom. The van der Waals surface area contributed by atoms with Crippen LogP contribution in [0.25, 0.3) is 0 Å². The highest BCUT2D eigenvalue weighted by Gasteiger charge is 2.41. The Kier molecular flexibility index (Phi) is 6.44. The number of ether oxygens (including phenoxy) is 1. The molecule has 0 aliphatic carbocycles. The monoisotopic (exact) mass is 449 g/mol. The molecule has 0 radical (unpaired) electrons. The lowest BCUT2D eigenvalue weighted by atomic mass is 10.0. The van der Waals surface area contributed by atoms with Crippen molar-refractivity contribution in [2.45, 2.75) is 38.8 Å². The van der Waals surface area contributed by atoms with Crippen LogP contribution in [0.1, 0.15) is 46.0 Å². The average molecular weight is 450 g/mol. The summed E-state index contributed by atoms with van der Waals surface area (Å²) in [6, 6.07) is 13.0. The van der Waals surface area contributed by atoms with E-state index >= 15 is 0 Å². The number of likely N-dealkylation sites (tertiary alicyclic amines) is 1. The highest BCUT2D eigenvalue weighted by Crippen LogP contribution is 2.24. The van der Waals surface area contributed by atoms with Gasteiger partial charge in [-0.2, -0.15) is 0 Å². The fourth-order valence-electron chi connectivity index (χ4n) is 4.14. The molecule has 8 nitrogen and oxygen atoms in total. The molecule has 1 atom stereocenters. The second kappa shape index (κ2) is 9.44. The van der Waals surface area contributed by atoms with Crippen LogP contribution < -0.4 is 10.1 Å². The molecule has 1 fully saturated rings. The maximum atomic E-state index is 12.8. The number of nitrogens with one attached hydrogen (secondary N) is 1. The first-order chi connectivity index (χ1) is 15.8. The van der Waals surface area contributed by atoms with E-state index in [1.54, 1.807) is 36.1 Å². The van der Waals surface area contributed by atoms with E-state index in [4.69, 9.17) is 4.74 Å². The molecule has 2 aliphatic heterocycles. The van der Waals surface area contributed by atoms with Crippen LogP contribution in [0.15, 0.2) is 48.5 Å². The predicted octanol–water partition coefficient (Wildman–Crippen LogP) is 2.17. The fraction of sp³-hybridized carbons (Fsp3) is 0.360. The van der Waals surface area contributed by atoms with E-state index < -0.39 is 17.9 Å². The topological polar surface area (TPSA) is 96.0 Å². The summed E-state index contributed by atoms with van der Waals surface area (Å²) in [5, 5.41) is 2.93. The van der Waals surface area contributed by atoms with Crippen molar-refractivity contribution in [2.75, 3.05) is 19.7 Å². The summed E-state index contributed by atoms with van der Waals surface area (Å²) in [5.74, 6) is -0.727. The highest BCUT2D eigenvalue weighted by molar-refractivity contribution is 6.22. The van der Waals surface area contributed by atoms with Crippen LogP contribution >= 0.6 is 0 Å². The third kappa shape index (κ3) is 4.74. The lowest BCUT2D eigenvalue weighted by molar-refractivity contribution is -0.134. The SMILES string of the molecule is Cc1ccc(OCC(=O)N2CCC(NC(=O)C(C)N3C(=O)c4ccccc4C3=O)CC2)cc1. The number of amides is 4. The minimum absolute atomic E-state index is 0.0309. The van der Waals surface area contributed by atoms with Gasteiger partial charge in [-0.1, -0.05) is 29.8 Å². The third-order valence-electron chi connectivity index (χ3n) is 6.17. The van der Waals surface area contributed by atoms with Crippen molar-refractivity contribution < 1.29 is 23.9 Å². The number of piperidine rings is 1. The smallest absolute Gasteiger partial charge is 0.262 e. The van der Waals surface area contributed by atoms with Gasteiger partial charge in [-0.05, 0) is 51.0 Å². The molecule has 4 rings (SSSR count). The van der Waals surface area contributed by atoms with Crippen LogP contribution in [0.2, 0.25) is 0 Å². The summed E-state index contributed by atoms with van der Waals surface area (Å²) in [6.45, 7) is 4.51. The van der Waals surface area contributed by atoms with Gasteiger partial charge in [-0.3, -0.25) is 24.1 Å². The van der Waals surface area contributed by atoms with E-state index in [0.717, 1.165) is 10.5 Å². The zero-order valence-electron chi connectivity index (χ0n) is 18.7. The molecule has 1 saturated heterocycles. The summed E-state index contributed by atoms with van der Waals surface area (Å²) < 4.78 is 5.57. The van der Waals surface area contributed by atoms with E-state index in [-0.39, 0.29) is 24.5 Å². The van der Waals surface area contributed by atoms with E-state index in [9.17, 15) is 19.2 Å². The minimum Gasteiger partial charge on any atom is -0.484 e. The molecule has 1 N–H and O–H groups in total. The molecule has 0 saturated carbocycles. The molecular weight excluding hydrogens is 422 g/mol. The number of aryl methyl sites for hydroxylation is 1. The Bertz CT molecular complexity index is 1040. The van der Waals surface area contributed by atoms with Crippen molar-refractivity contribution >= 4 is 23.6 Å². The van der Waals surface area contributed by atoms with Crippen molar-refractivity contribution in [3.8, 4) is 5.75 Å². The zero-order valence-corrected chi connectivity index (χ0v) is 18.7. The summed E-state index contributed by atoms with van der Waals surface area (Å²) in [6.07, 6.45) is 1.19. The Morgan fingerprint density at radius 2 is 1.58 bits per heavy atom. The Hall–Kier alpha value is -3.68. The van der Waals surface area contributed by atoms with Crippen LogP contribution in [0.5, 0.6) is 5.75 Å². The highest BCUT2D eigenvalue weighted by atomic mass is 16.5. The number of hydrogen-bond acceptors (Lipinski definition) is 5. The summed E-state index contributed by atoms with van der Waals surface area (Å²) >= 11 is 0. The standard InChI is InChI=1S/C25H27N3O5/c1-16-7-9-19(10-8-16)33-15-22(29)27-13-11-18(12-14-27)26-23(30)17(2)28-24(31)20-5-3-4-6-21(20)25(28)32/h3-10,17-18H,11-15H2,1-2H3,(H,26,30). The first-order valence-corrected chi connectivity index (χ1v) is 11.1. The molecule has 0 spiro atoms. The first-order valence-electron chi connectivity index (χ1n) is 11.1. The van der Waals surface area contributed by atoms with Crippen molar-refractivity contribution in [2.24, 2.45) is 0 Å². The second-order valence-corrected chi connectivity index (χ2v) is 8.47. The van der Waals surface area contributed by atoms with Crippen molar-refractivity contribution in [3.05, 3.63) is 65.2 Å². The van der Waals surface area contributed by atoms with Crippen LogP contribution in [0.3, 0.4) is 0 Å². The number of rotatable bonds is 6. The Morgan fingerprint density at radius 3 is 2.15 bits per heavy atom. The molecule has 1 unspecified atom stereocenters. The van der Waals surface area contributed by atoms with Gasteiger partial charge in [-0.25, -0.2) is 0 Å². The zero-order chi connectivity index (χ0) is 23.5. The Balaban J connectivity index is 1.25. The number of carbonyl (C=O) groups excluding carboxylic acids is 4. The van der Waals surface area contributed by atoms with E-state index in [1.165, 1.54) is 0 Å². The lowest BCUT2D eigenvalue weighted by Crippen LogP contribution is -2.53. The molecule has 2 aliphatic rings. The summed E-state index contributed by atoms with van der Waals surface area (Å²) in [7, 11) is 0. The van der Waals surface area contributed by atoms with Crippen LogP contribution in [-0.4, -0.2) is 65.2 Å². The molecular formula is C25H27N3O5.